The molecule has 1 amide bonds. The SMILES string of the molecule is CCCN(CC(=O)NC(C)CCc1ccccc1)Cc1nnc(-c2ccco2)o1. The molecule has 7 heteroatoms. The van der Waals surface area contributed by atoms with Crippen molar-refractivity contribution in [2.75, 3.05) is 13.1 Å². The molecule has 2 aromatic heterocycles. The van der Waals surface area contributed by atoms with E-state index in [0.29, 0.717) is 30.6 Å². The molecule has 1 aromatic carbocycles. The van der Waals surface area contributed by atoms with Crippen molar-refractivity contribution in [1.29, 1.82) is 0 Å². The highest BCUT2D eigenvalue weighted by Gasteiger charge is 2.17. The minimum Gasteiger partial charge on any atom is -0.459 e. The summed E-state index contributed by atoms with van der Waals surface area (Å²) in [6, 6.07) is 14.0. The molecule has 2 heterocycles. The van der Waals surface area contributed by atoms with Crippen LogP contribution >= 0.6 is 0 Å². The number of hydrogen-bond donors (Lipinski definition) is 1. The second-order valence-corrected chi connectivity index (χ2v) is 7.18. The van der Waals surface area contributed by atoms with Crippen LogP contribution in [0.2, 0.25) is 0 Å². The number of benzene rings is 1. The van der Waals surface area contributed by atoms with E-state index >= 15 is 0 Å². The first-order valence-electron chi connectivity index (χ1n) is 10.1. The molecule has 1 unspecified atom stereocenters. The summed E-state index contributed by atoms with van der Waals surface area (Å²) in [6.07, 6.45) is 4.33. The van der Waals surface area contributed by atoms with Gasteiger partial charge >= 0.3 is 0 Å². The summed E-state index contributed by atoms with van der Waals surface area (Å²) in [6.45, 7) is 5.60. The molecule has 0 radical (unpaired) electrons. The molecule has 0 aliphatic carbocycles. The first-order valence-corrected chi connectivity index (χ1v) is 10.1. The quantitative estimate of drug-likeness (QED) is 0.532. The zero-order valence-corrected chi connectivity index (χ0v) is 17.0. The number of carbonyl (C=O) groups is 1. The second-order valence-electron chi connectivity index (χ2n) is 7.18. The third-order valence-corrected chi connectivity index (χ3v) is 4.58. The van der Waals surface area contributed by atoms with Gasteiger partial charge in [0.15, 0.2) is 5.76 Å². The van der Waals surface area contributed by atoms with E-state index in [0.717, 1.165) is 25.8 Å². The first-order chi connectivity index (χ1) is 14.1. The Kier molecular flexibility index (Phi) is 7.58. The van der Waals surface area contributed by atoms with Crippen LogP contribution in [0.25, 0.3) is 11.7 Å². The fourth-order valence-corrected chi connectivity index (χ4v) is 3.16. The Hall–Kier alpha value is -2.93. The van der Waals surface area contributed by atoms with Gasteiger partial charge in [-0.2, -0.15) is 0 Å². The van der Waals surface area contributed by atoms with E-state index in [9.17, 15) is 4.79 Å². The molecular weight excluding hydrogens is 368 g/mol. The molecule has 7 nitrogen and oxygen atoms in total. The number of hydrogen-bond acceptors (Lipinski definition) is 6. The molecule has 0 aliphatic heterocycles. The molecule has 0 saturated heterocycles. The lowest BCUT2D eigenvalue weighted by Crippen LogP contribution is -2.41. The van der Waals surface area contributed by atoms with Crippen LogP contribution < -0.4 is 5.32 Å². The van der Waals surface area contributed by atoms with Gasteiger partial charge in [-0.15, -0.1) is 10.2 Å². The van der Waals surface area contributed by atoms with Crippen LogP contribution in [-0.2, 0) is 17.8 Å². The normalized spacial score (nSPS) is 12.2. The average Bonchev–Trinajstić information content (AvgIpc) is 3.39. The molecule has 0 bridgehead atoms. The lowest BCUT2D eigenvalue weighted by molar-refractivity contribution is -0.123. The molecule has 0 spiro atoms. The number of amides is 1. The van der Waals surface area contributed by atoms with Gasteiger partial charge in [-0.1, -0.05) is 37.3 Å². The molecule has 1 atom stereocenters. The van der Waals surface area contributed by atoms with Crippen molar-refractivity contribution in [3.05, 3.63) is 60.2 Å². The zero-order valence-electron chi connectivity index (χ0n) is 17.0. The van der Waals surface area contributed by atoms with Crippen LogP contribution in [0.5, 0.6) is 0 Å². The molecule has 3 rings (SSSR count). The first kappa shape index (κ1) is 20.8. The van der Waals surface area contributed by atoms with Gasteiger partial charge < -0.3 is 14.2 Å². The Morgan fingerprint density at radius 2 is 2.00 bits per heavy atom. The van der Waals surface area contributed by atoms with Crippen LogP contribution in [0.4, 0.5) is 0 Å². The van der Waals surface area contributed by atoms with E-state index in [1.54, 1.807) is 18.4 Å². The van der Waals surface area contributed by atoms with E-state index in [-0.39, 0.29) is 11.9 Å². The van der Waals surface area contributed by atoms with Gasteiger partial charge in [0.05, 0.1) is 19.4 Å². The molecular formula is C22H28N4O3. The largest absolute Gasteiger partial charge is 0.459 e. The number of aryl methyl sites for hydroxylation is 1. The maximum absolute atomic E-state index is 12.5. The predicted molar refractivity (Wildman–Crippen MR) is 110 cm³/mol. The Balaban J connectivity index is 1.48. The van der Waals surface area contributed by atoms with E-state index < -0.39 is 0 Å². The molecule has 1 N–H and O–H groups in total. The monoisotopic (exact) mass is 396 g/mol. The van der Waals surface area contributed by atoms with Crippen LogP contribution in [0.3, 0.4) is 0 Å². The average molecular weight is 396 g/mol. The highest BCUT2D eigenvalue weighted by molar-refractivity contribution is 5.78. The van der Waals surface area contributed by atoms with E-state index in [2.05, 4.69) is 34.6 Å². The smallest absolute Gasteiger partial charge is 0.283 e. The van der Waals surface area contributed by atoms with Crippen molar-refractivity contribution in [2.45, 2.75) is 45.7 Å². The van der Waals surface area contributed by atoms with Crippen molar-refractivity contribution in [3.63, 3.8) is 0 Å². The fourth-order valence-electron chi connectivity index (χ4n) is 3.16. The lowest BCUT2D eigenvalue weighted by Gasteiger charge is -2.21. The Bertz CT molecular complexity index is 861. The van der Waals surface area contributed by atoms with Crippen molar-refractivity contribution in [1.82, 2.24) is 20.4 Å². The highest BCUT2D eigenvalue weighted by Crippen LogP contribution is 2.18. The Labute approximate surface area is 171 Å². The van der Waals surface area contributed by atoms with Gasteiger partial charge in [0.1, 0.15) is 0 Å². The lowest BCUT2D eigenvalue weighted by atomic mass is 10.1. The third-order valence-electron chi connectivity index (χ3n) is 4.58. The van der Waals surface area contributed by atoms with Crippen LogP contribution in [0.15, 0.2) is 57.6 Å². The maximum Gasteiger partial charge on any atom is 0.283 e. The van der Waals surface area contributed by atoms with Gasteiger partial charge in [-0.25, -0.2) is 0 Å². The Morgan fingerprint density at radius 3 is 2.72 bits per heavy atom. The summed E-state index contributed by atoms with van der Waals surface area (Å²) < 4.78 is 10.9. The highest BCUT2D eigenvalue weighted by atomic mass is 16.4. The topological polar surface area (TPSA) is 84.4 Å². The van der Waals surface area contributed by atoms with Crippen molar-refractivity contribution in [2.24, 2.45) is 0 Å². The number of rotatable bonds is 11. The van der Waals surface area contributed by atoms with Gasteiger partial charge in [-0.05, 0) is 50.4 Å². The molecule has 29 heavy (non-hydrogen) atoms. The third kappa shape index (κ3) is 6.57. The van der Waals surface area contributed by atoms with Gasteiger partial charge in [0.25, 0.3) is 5.89 Å². The number of nitrogens with zero attached hydrogens (tertiary/aromatic N) is 3. The zero-order chi connectivity index (χ0) is 20.5. The van der Waals surface area contributed by atoms with Crippen molar-refractivity contribution >= 4 is 5.91 Å². The van der Waals surface area contributed by atoms with Crippen molar-refractivity contribution < 1.29 is 13.6 Å². The molecule has 3 aromatic rings. The minimum absolute atomic E-state index is 0.00443. The van der Waals surface area contributed by atoms with Crippen molar-refractivity contribution in [3.8, 4) is 11.7 Å². The summed E-state index contributed by atoms with van der Waals surface area (Å²) in [7, 11) is 0. The molecule has 0 fully saturated rings. The van der Waals surface area contributed by atoms with E-state index in [1.807, 2.05) is 30.0 Å². The van der Waals surface area contributed by atoms with Crippen LogP contribution in [0.1, 0.15) is 38.1 Å². The van der Waals surface area contributed by atoms with Crippen LogP contribution in [0, 0.1) is 0 Å². The number of aromatic nitrogens is 2. The number of furan rings is 1. The van der Waals surface area contributed by atoms with Gasteiger partial charge in [0, 0.05) is 6.04 Å². The Morgan fingerprint density at radius 1 is 1.17 bits per heavy atom. The van der Waals surface area contributed by atoms with E-state index in [4.69, 9.17) is 8.83 Å². The summed E-state index contributed by atoms with van der Waals surface area (Å²) >= 11 is 0. The second kappa shape index (κ2) is 10.6. The predicted octanol–water partition coefficient (Wildman–Crippen LogP) is 3.68. The summed E-state index contributed by atoms with van der Waals surface area (Å²) in [4.78, 5) is 14.5. The van der Waals surface area contributed by atoms with Gasteiger partial charge in [0.2, 0.25) is 11.8 Å². The van der Waals surface area contributed by atoms with E-state index in [1.165, 1.54) is 5.56 Å². The summed E-state index contributed by atoms with van der Waals surface area (Å²) in [5.74, 6) is 1.36. The standard InChI is InChI=1S/C22H28N4O3/c1-3-13-26(16-21-24-25-22(29-21)19-10-7-14-28-19)15-20(27)23-17(2)11-12-18-8-5-4-6-9-18/h4-10,14,17H,3,11-13,15-16H2,1-2H3,(H,23,27). The maximum atomic E-state index is 12.5. The molecule has 154 valence electrons. The summed E-state index contributed by atoms with van der Waals surface area (Å²) in [5.41, 5.74) is 1.28. The number of carbonyl (C=O) groups excluding carboxylic acids is 1. The van der Waals surface area contributed by atoms with Crippen LogP contribution in [-0.4, -0.2) is 40.1 Å². The molecule has 0 aliphatic rings. The molecule has 0 saturated carbocycles. The fraction of sp³-hybridized carbons (Fsp3) is 0.409. The summed E-state index contributed by atoms with van der Waals surface area (Å²) in [5, 5.41) is 11.2. The minimum atomic E-state index is 0.00443. The number of nitrogens with one attached hydrogen (secondary N) is 1. The van der Waals surface area contributed by atoms with Gasteiger partial charge in [-0.3, -0.25) is 9.69 Å².